The number of H-pyrrole nitrogens is 1. The van der Waals surface area contributed by atoms with E-state index >= 15 is 0 Å². The molecule has 1 amide bonds. The second-order valence-electron chi connectivity index (χ2n) is 5.31. The van der Waals surface area contributed by atoms with Crippen LogP contribution in [0.3, 0.4) is 0 Å². The lowest BCUT2D eigenvalue weighted by molar-refractivity contribution is 0.178. The maximum atomic E-state index is 9.92. The molecule has 0 spiro atoms. The van der Waals surface area contributed by atoms with Crippen molar-refractivity contribution in [1.29, 1.82) is 0 Å². The van der Waals surface area contributed by atoms with Crippen LogP contribution in [0.15, 0.2) is 62.3 Å². The monoisotopic (exact) mass is 425 g/mol. The van der Waals surface area contributed by atoms with Gasteiger partial charge in [-0.05, 0) is 6.07 Å². The van der Waals surface area contributed by atoms with Crippen LogP contribution in [0.2, 0.25) is 0 Å². The second kappa shape index (κ2) is 17.7. The molecule has 2 aromatic heterocycles. The van der Waals surface area contributed by atoms with E-state index in [1.54, 1.807) is 18.3 Å². The number of nitrogens with zero attached hydrogens (tertiary/aromatic N) is 2. The fourth-order valence-electron chi connectivity index (χ4n) is 1.73. The van der Waals surface area contributed by atoms with Crippen molar-refractivity contribution in [3.63, 3.8) is 0 Å². The minimum atomic E-state index is -0.296. The van der Waals surface area contributed by atoms with E-state index in [4.69, 9.17) is 9.47 Å². The molecule has 3 N–H and O–H groups in total. The van der Waals surface area contributed by atoms with Gasteiger partial charge in [-0.3, -0.25) is 15.1 Å². The minimum Gasteiger partial charge on any atom is -0.479 e. The molecule has 3 aliphatic heterocycles. The molecular weight excluding hydrogens is 398 g/mol. The zero-order valence-electron chi connectivity index (χ0n) is 16.6. The highest BCUT2D eigenvalue weighted by molar-refractivity contribution is 5.78. The van der Waals surface area contributed by atoms with Crippen LogP contribution in [0.4, 0.5) is 4.79 Å². The predicted octanol–water partition coefficient (Wildman–Crippen LogP) is 0.924. The number of rotatable bonds is 2. The van der Waals surface area contributed by atoms with Crippen LogP contribution in [-0.4, -0.2) is 68.5 Å². The van der Waals surface area contributed by atoms with Crippen LogP contribution in [0.1, 0.15) is 6.42 Å². The van der Waals surface area contributed by atoms with Gasteiger partial charge in [0.1, 0.15) is 25.7 Å². The molecule has 0 saturated carbocycles. The molecular formula is C18H27N5O7. The average Bonchev–Trinajstić information content (AvgIpc) is 3.59. The van der Waals surface area contributed by atoms with E-state index in [1.165, 1.54) is 18.6 Å². The summed E-state index contributed by atoms with van der Waals surface area (Å²) in [4.78, 5) is 23.9. The Morgan fingerprint density at radius 2 is 2.03 bits per heavy atom. The SMILES string of the molecule is C1COCN1.C=CCC1=NCCO1.O=C1NCCO1.O=c1cco[nH]1.c1cnoc1. The number of amides is 1. The molecule has 5 heterocycles. The van der Waals surface area contributed by atoms with E-state index in [2.05, 4.69) is 46.3 Å². The summed E-state index contributed by atoms with van der Waals surface area (Å²) in [6.07, 6.45) is 6.67. The van der Waals surface area contributed by atoms with Gasteiger partial charge < -0.3 is 28.6 Å². The molecule has 3 aliphatic rings. The predicted molar refractivity (Wildman–Crippen MR) is 107 cm³/mol. The number of carbonyl (C=O) groups excluding carboxylic acids is 1. The molecule has 2 aromatic rings. The molecule has 0 bridgehead atoms. The Morgan fingerprint density at radius 1 is 1.13 bits per heavy atom. The van der Waals surface area contributed by atoms with Gasteiger partial charge in [0.05, 0.1) is 32.6 Å². The summed E-state index contributed by atoms with van der Waals surface area (Å²) in [5.41, 5.74) is -0.199. The topological polar surface area (TPSA) is 153 Å². The lowest BCUT2D eigenvalue weighted by Crippen LogP contribution is -2.11. The molecule has 12 nitrogen and oxygen atoms in total. The third-order valence-electron chi connectivity index (χ3n) is 2.99. The first-order valence-electron chi connectivity index (χ1n) is 9.15. The van der Waals surface area contributed by atoms with Crippen LogP contribution < -0.4 is 16.2 Å². The van der Waals surface area contributed by atoms with Crippen LogP contribution >= 0.6 is 0 Å². The molecule has 0 radical (unpaired) electrons. The Bertz CT molecular complexity index is 689. The molecule has 2 saturated heterocycles. The van der Waals surface area contributed by atoms with Crippen molar-refractivity contribution in [2.24, 2.45) is 4.99 Å². The lowest BCUT2D eigenvalue weighted by atomic mass is 10.4. The van der Waals surface area contributed by atoms with E-state index in [1.807, 2.05) is 0 Å². The van der Waals surface area contributed by atoms with E-state index in [0.717, 1.165) is 45.4 Å². The van der Waals surface area contributed by atoms with Crippen molar-refractivity contribution in [2.45, 2.75) is 6.42 Å². The normalized spacial score (nSPS) is 15.6. The third kappa shape index (κ3) is 14.6. The number of carbonyl (C=O) groups is 1. The largest absolute Gasteiger partial charge is 0.479 e. The summed E-state index contributed by atoms with van der Waals surface area (Å²) in [7, 11) is 0. The van der Waals surface area contributed by atoms with Gasteiger partial charge in [0, 0.05) is 19.0 Å². The van der Waals surface area contributed by atoms with Crippen molar-refractivity contribution in [1.82, 2.24) is 20.9 Å². The van der Waals surface area contributed by atoms with Crippen LogP contribution in [0.25, 0.3) is 0 Å². The summed E-state index contributed by atoms with van der Waals surface area (Å²) in [6, 6.07) is 3.03. The maximum Gasteiger partial charge on any atom is 0.407 e. The van der Waals surface area contributed by atoms with Crippen LogP contribution in [-0.2, 0) is 14.2 Å². The average molecular weight is 425 g/mol. The number of aliphatic imine (C=N–C) groups is 1. The van der Waals surface area contributed by atoms with Gasteiger partial charge in [0.15, 0.2) is 5.90 Å². The van der Waals surface area contributed by atoms with Crippen molar-refractivity contribution in [2.75, 3.05) is 46.2 Å². The smallest absolute Gasteiger partial charge is 0.407 e. The Kier molecular flexibility index (Phi) is 14.5. The third-order valence-corrected chi connectivity index (χ3v) is 2.99. The van der Waals surface area contributed by atoms with Gasteiger partial charge in [-0.1, -0.05) is 11.2 Å². The first-order chi connectivity index (χ1) is 14.7. The maximum absolute atomic E-state index is 9.92. The highest BCUT2D eigenvalue weighted by Crippen LogP contribution is 1.97. The number of nitrogens with one attached hydrogen (secondary N) is 3. The Balaban J connectivity index is 0.000000190. The molecule has 166 valence electrons. The van der Waals surface area contributed by atoms with Gasteiger partial charge in [-0.15, -0.1) is 6.58 Å². The van der Waals surface area contributed by atoms with Gasteiger partial charge in [-0.25, -0.2) is 4.79 Å². The number of ether oxygens (including phenoxy) is 3. The molecule has 12 heteroatoms. The Labute approximate surface area is 173 Å². The highest BCUT2D eigenvalue weighted by atomic mass is 16.6. The quantitative estimate of drug-likeness (QED) is 0.596. The first kappa shape index (κ1) is 24.7. The number of aromatic nitrogens is 2. The summed E-state index contributed by atoms with van der Waals surface area (Å²) >= 11 is 0. The first-order valence-corrected chi connectivity index (χ1v) is 9.15. The molecule has 5 rings (SSSR count). The van der Waals surface area contributed by atoms with Crippen molar-refractivity contribution in [3.05, 3.63) is 53.9 Å². The lowest BCUT2D eigenvalue weighted by Gasteiger charge is -1.92. The zero-order valence-corrected chi connectivity index (χ0v) is 16.6. The Hall–Kier alpha value is -3.38. The number of hydrogen-bond acceptors (Lipinski definition) is 10. The number of aromatic amines is 1. The molecule has 0 atom stereocenters. The number of cyclic esters (lactones) is 1. The summed E-state index contributed by atoms with van der Waals surface area (Å²) in [6.45, 7) is 9.00. The summed E-state index contributed by atoms with van der Waals surface area (Å²) in [5, 5.41) is 10.9. The van der Waals surface area contributed by atoms with E-state index in [-0.39, 0.29) is 11.7 Å². The summed E-state index contributed by atoms with van der Waals surface area (Å²) < 4.78 is 22.9. The molecule has 0 aliphatic carbocycles. The number of alkyl carbamates (subject to hydrolysis) is 1. The van der Waals surface area contributed by atoms with Crippen molar-refractivity contribution in [3.8, 4) is 0 Å². The van der Waals surface area contributed by atoms with E-state index < -0.39 is 0 Å². The summed E-state index contributed by atoms with van der Waals surface area (Å²) in [5.74, 6) is 0.833. The van der Waals surface area contributed by atoms with Crippen molar-refractivity contribution >= 4 is 12.0 Å². The van der Waals surface area contributed by atoms with Crippen LogP contribution in [0, 0.1) is 0 Å². The molecule has 0 unspecified atom stereocenters. The second-order valence-corrected chi connectivity index (χ2v) is 5.31. The highest BCUT2D eigenvalue weighted by Gasteiger charge is 2.06. The van der Waals surface area contributed by atoms with Crippen LogP contribution in [0.5, 0.6) is 0 Å². The van der Waals surface area contributed by atoms with Gasteiger partial charge in [-0.2, -0.15) is 5.16 Å². The fraction of sp³-hybridized carbons (Fsp3) is 0.444. The molecule has 0 aromatic carbocycles. The van der Waals surface area contributed by atoms with Crippen molar-refractivity contribution < 1.29 is 28.1 Å². The molecule has 30 heavy (non-hydrogen) atoms. The van der Waals surface area contributed by atoms with Gasteiger partial charge in [0.25, 0.3) is 5.56 Å². The standard InChI is InChI=1S/C6H9NO.C3H5NO2.C3H3NO2.C3H7NO.C3H3NO/c1-2-3-6-7-4-5-8-6;5-3-4-1-2-6-3;5-3-1-2-6-4-3;1-2-5-3-4-1;1-2-4-5-3-1/h2H,1,3-5H2;1-2H2,(H,4,5);1-2H,(H,4,5);4H,1-3H2;1-3H. The van der Waals surface area contributed by atoms with E-state index in [0.29, 0.717) is 13.2 Å². The number of hydrogen-bond donors (Lipinski definition) is 3. The Morgan fingerprint density at radius 3 is 2.30 bits per heavy atom. The minimum absolute atomic E-state index is 0.199. The van der Waals surface area contributed by atoms with E-state index in [9.17, 15) is 9.59 Å². The zero-order chi connectivity index (χ0) is 21.7. The molecule has 2 fully saturated rings. The fourth-order valence-corrected chi connectivity index (χ4v) is 1.73. The van der Waals surface area contributed by atoms with Gasteiger partial charge in [0.2, 0.25) is 0 Å². The van der Waals surface area contributed by atoms with Gasteiger partial charge >= 0.3 is 6.09 Å².